The van der Waals surface area contributed by atoms with Crippen molar-refractivity contribution in [1.82, 2.24) is 4.90 Å². The predicted octanol–water partition coefficient (Wildman–Crippen LogP) is 1.38. The lowest BCUT2D eigenvalue weighted by molar-refractivity contribution is 0.312. The zero-order valence-corrected chi connectivity index (χ0v) is 10.4. The van der Waals surface area contributed by atoms with Gasteiger partial charge in [-0.15, -0.1) is 0 Å². The van der Waals surface area contributed by atoms with Crippen molar-refractivity contribution in [1.29, 1.82) is 0 Å². The SMILES string of the molecule is [C]#Cc1ccc(N2CCN(C)CC2)cc1OC. The molecule has 89 valence electrons. The molecule has 1 saturated heterocycles. The first-order valence-corrected chi connectivity index (χ1v) is 5.79. The highest BCUT2D eigenvalue weighted by Crippen LogP contribution is 2.25. The van der Waals surface area contributed by atoms with Gasteiger partial charge in [-0.05, 0) is 31.5 Å². The second-order valence-electron chi connectivity index (χ2n) is 4.30. The Kier molecular flexibility index (Phi) is 3.55. The van der Waals surface area contributed by atoms with Crippen molar-refractivity contribution < 1.29 is 4.74 Å². The number of benzene rings is 1. The average Bonchev–Trinajstić information content (AvgIpc) is 2.39. The molecule has 3 heteroatoms. The minimum atomic E-state index is 0.699. The van der Waals surface area contributed by atoms with Crippen molar-refractivity contribution in [3.05, 3.63) is 30.2 Å². The van der Waals surface area contributed by atoms with E-state index in [0.717, 1.165) is 37.6 Å². The Morgan fingerprint density at radius 3 is 2.53 bits per heavy atom. The summed E-state index contributed by atoms with van der Waals surface area (Å²) in [6.45, 7) is 4.24. The van der Waals surface area contributed by atoms with Crippen LogP contribution in [0.4, 0.5) is 5.69 Å². The molecule has 0 bridgehead atoms. The first kappa shape index (κ1) is 11.8. The molecule has 1 fully saturated rings. The largest absolute Gasteiger partial charge is 0.495 e. The molecule has 0 spiro atoms. The van der Waals surface area contributed by atoms with Crippen molar-refractivity contribution in [2.75, 3.05) is 45.2 Å². The topological polar surface area (TPSA) is 15.7 Å². The van der Waals surface area contributed by atoms with E-state index in [-0.39, 0.29) is 0 Å². The molecule has 0 saturated carbocycles. The number of piperazine rings is 1. The van der Waals surface area contributed by atoms with E-state index in [1.165, 1.54) is 0 Å². The van der Waals surface area contributed by atoms with Crippen molar-refractivity contribution in [3.63, 3.8) is 0 Å². The number of rotatable bonds is 2. The van der Waals surface area contributed by atoms with Crippen LogP contribution in [0.25, 0.3) is 0 Å². The van der Waals surface area contributed by atoms with Gasteiger partial charge >= 0.3 is 0 Å². The Morgan fingerprint density at radius 2 is 1.94 bits per heavy atom. The van der Waals surface area contributed by atoms with Gasteiger partial charge in [-0.3, -0.25) is 0 Å². The molecule has 0 atom stereocenters. The fourth-order valence-corrected chi connectivity index (χ4v) is 2.04. The molecule has 1 aliphatic rings. The van der Waals surface area contributed by atoms with Gasteiger partial charge in [0.15, 0.2) is 0 Å². The molecule has 3 nitrogen and oxygen atoms in total. The van der Waals surface area contributed by atoms with Gasteiger partial charge in [0, 0.05) is 37.9 Å². The van der Waals surface area contributed by atoms with Crippen LogP contribution in [0.2, 0.25) is 0 Å². The van der Waals surface area contributed by atoms with Crippen LogP contribution >= 0.6 is 0 Å². The molecule has 17 heavy (non-hydrogen) atoms. The summed E-state index contributed by atoms with van der Waals surface area (Å²) < 4.78 is 5.27. The molecule has 0 unspecified atom stereocenters. The van der Waals surface area contributed by atoms with Gasteiger partial charge in [-0.25, -0.2) is 0 Å². The Bertz CT molecular complexity index is 428. The van der Waals surface area contributed by atoms with E-state index in [9.17, 15) is 0 Å². The van der Waals surface area contributed by atoms with Crippen LogP contribution in [0, 0.1) is 12.3 Å². The first-order chi connectivity index (χ1) is 8.24. The maximum absolute atomic E-state index is 7.18. The Morgan fingerprint density at radius 1 is 1.24 bits per heavy atom. The quantitative estimate of drug-likeness (QED) is 0.713. The average molecular weight is 229 g/mol. The van der Waals surface area contributed by atoms with Crippen LogP contribution in [0.5, 0.6) is 5.75 Å². The predicted molar refractivity (Wildman–Crippen MR) is 68.9 cm³/mol. The molecule has 0 aliphatic carbocycles. The van der Waals surface area contributed by atoms with Crippen molar-refractivity contribution in [2.45, 2.75) is 0 Å². The summed E-state index contributed by atoms with van der Waals surface area (Å²) in [6, 6.07) is 5.91. The van der Waals surface area contributed by atoms with Gasteiger partial charge in [-0.2, -0.15) is 0 Å². The van der Waals surface area contributed by atoms with Gasteiger partial charge in [0.2, 0.25) is 0 Å². The molecule has 0 N–H and O–H groups in total. The van der Waals surface area contributed by atoms with Gasteiger partial charge in [0.25, 0.3) is 0 Å². The third-order valence-corrected chi connectivity index (χ3v) is 3.19. The highest BCUT2D eigenvalue weighted by molar-refractivity contribution is 5.57. The standard InChI is InChI=1S/C14H17N2O/c1-4-12-5-6-13(11-14(12)17-3)16-9-7-15(2)8-10-16/h5-6,11H,7-10H2,2-3H3. The zero-order chi connectivity index (χ0) is 12.3. The zero-order valence-electron chi connectivity index (χ0n) is 10.4. The summed E-state index contributed by atoms with van der Waals surface area (Å²) in [4.78, 5) is 4.67. The summed E-state index contributed by atoms with van der Waals surface area (Å²) in [5, 5.41) is 0. The third kappa shape index (κ3) is 2.54. The molecule has 1 aromatic carbocycles. The third-order valence-electron chi connectivity index (χ3n) is 3.19. The van der Waals surface area contributed by atoms with Crippen LogP contribution in [0.1, 0.15) is 5.56 Å². The minimum Gasteiger partial charge on any atom is -0.495 e. The first-order valence-electron chi connectivity index (χ1n) is 5.79. The van der Waals surface area contributed by atoms with E-state index in [0.29, 0.717) is 5.56 Å². The molecule has 1 aliphatic heterocycles. The normalized spacial score (nSPS) is 16.6. The summed E-state index contributed by atoms with van der Waals surface area (Å²) in [5.74, 6) is 3.10. The second kappa shape index (κ2) is 5.11. The van der Waals surface area contributed by atoms with Crippen molar-refractivity contribution in [3.8, 4) is 11.7 Å². The minimum absolute atomic E-state index is 0.699. The molecule has 0 aromatic heterocycles. The van der Waals surface area contributed by atoms with Crippen LogP contribution in [0.3, 0.4) is 0 Å². The van der Waals surface area contributed by atoms with Crippen molar-refractivity contribution >= 4 is 5.69 Å². The molecular formula is C14H17N2O. The molecule has 1 aromatic rings. The van der Waals surface area contributed by atoms with E-state index in [1.54, 1.807) is 7.11 Å². The van der Waals surface area contributed by atoms with Crippen molar-refractivity contribution in [2.24, 2.45) is 0 Å². The fraction of sp³-hybridized carbons (Fsp3) is 0.429. The number of hydrogen-bond acceptors (Lipinski definition) is 3. The van der Waals surface area contributed by atoms with Gasteiger partial charge in [0.05, 0.1) is 12.7 Å². The number of methoxy groups -OCH3 is 1. The Labute approximate surface area is 103 Å². The summed E-state index contributed by atoms with van der Waals surface area (Å²) in [7, 11) is 3.77. The number of nitrogens with zero attached hydrogens (tertiary/aromatic N) is 2. The van der Waals surface area contributed by atoms with E-state index in [1.807, 2.05) is 18.2 Å². The highest BCUT2D eigenvalue weighted by atomic mass is 16.5. The van der Waals surface area contributed by atoms with E-state index in [2.05, 4.69) is 22.8 Å². The lowest BCUT2D eigenvalue weighted by Crippen LogP contribution is -2.44. The van der Waals surface area contributed by atoms with Crippen LogP contribution in [0.15, 0.2) is 18.2 Å². The number of ether oxygens (including phenoxy) is 1. The van der Waals surface area contributed by atoms with Gasteiger partial charge < -0.3 is 14.5 Å². The lowest BCUT2D eigenvalue weighted by atomic mass is 10.1. The maximum Gasteiger partial charge on any atom is 0.136 e. The van der Waals surface area contributed by atoms with E-state index < -0.39 is 0 Å². The summed E-state index contributed by atoms with van der Waals surface area (Å²) in [5.41, 5.74) is 1.86. The summed E-state index contributed by atoms with van der Waals surface area (Å²) >= 11 is 0. The smallest absolute Gasteiger partial charge is 0.136 e. The maximum atomic E-state index is 7.18. The molecule has 2 rings (SSSR count). The van der Waals surface area contributed by atoms with Crippen LogP contribution in [-0.2, 0) is 0 Å². The number of anilines is 1. The number of likely N-dealkylation sites (N-methyl/N-ethyl adjacent to an activating group) is 1. The van der Waals surface area contributed by atoms with E-state index >= 15 is 0 Å². The van der Waals surface area contributed by atoms with Crippen LogP contribution in [-0.4, -0.2) is 45.2 Å². The monoisotopic (exact) mass is 229 g/mol. The second-order valence-corrected chi connectivity index (χ2v) is 4.30. The number of hydrogen-bond donors (Lipinski definition) is 0. The summed E-state index contributed by atoms with van der Waals surface area (Å²) in [6.07, 6.45) is 7.18. The highest BCUT2D eigenvalue weighted by Gasteiger charge is 2.15. The Hall–Kier alpha value is -1.66. The van der Waals surface area contributed by atoms with Gasteiger partial charge in [0.1, 0.15) is 5.75 Å². The molecule has 1 radical (unpaired) electrons. The molecule has 1 heterocycles. The molecule has 0 amide bonds. The van der Waals surface area contributed by atoms with Crippen LogP contribution < -0.4 is 9.64 Å². The fourth-order valence-electron chi connectivity index (χ4n) is 2.04. The van der Waals surface area contributed by atoms with E-state index in [4.69, 9.17) is 11.2 Å². The Balaban J connectivity index is 2.19. The lowest BCUT2D eigenvalue weighted by Gasteiger charge is -2.34. The van der Waals surface area contributed by atoms with Gasteiger partial charge in [-0.1, -0.05) is 0 Å². The molecular weight excluding hydrogens is 212 g/mol.